The van der Waals surface area contributed by atoms with Gasteiger partial charge in [0.1, 0.15) is 18.1 Å². The molecule has 1 aliphatic carbocycles. The van der Waals surface area contributed by atoms with E-state index in [0.717, 1.165) is 25.7 Å². The molecule has 3 amide bonds. The van der Waals surface area contributed by atoms with Crippen molar-refractivity contribution in [1.29, 1.82) is 0 Å². The Hall–Kier alpha value is -3.01. The van der Waals surface area contributed by atoms with Crippen LogP contribution in [0.15, 0.2) is 41.6 Å². The molecule has 2 aliphatic rings. The van der Waals surface area contributed by atoms with Crippen molar-refractivity contribution in [2.75, 3.05) is 12.3 Å². The van der Waals surface area contributed by atoms with Crippen LogP contribution in [0, 0.1) is 0 Å². The van der Waals surface area contributed by atoms with E-state index in [1.54, 1.807) is 36.7 Å². The van der Waals surface area contributed by atoms with E-state index in [1.807, 2.05) is 0 Å². The van der Waals surface area contributed by atoms with Gasteiger partial charge >= 0.3 is 6.03 Å². The fraction of sp³-hybridized carbons (Fsp3) is 0.429. The normalized spacial score (nSPS) is 17.2. The highest BCUT2D eigenvalue weighted by Gasteiger charge is 2.26. The molecule has 4 rings (SSSR count). The second-order valence-electron chi connectivity index (χ2n) is 7.78. The Bertz CT molecular complexity index is 1070. The number of imide groups is 1. The number of amides is 3. The van der Waals surface area contributed by atoms with Crippen molar-refractivity contribution in [2.45, 2.75) is 49.6 Å². The Morgan fingerprint density at radius 1 is 1.13 bits per heavy atom. The van der Waals surface area contributed by atoms with Crippen LogP contribution in [-0.4, -0.2) is 53.6 Å². The van der Waals surface area contributed by atoms with Crippen LogP contribution in [-0.2, 0) is 27.6 Å². The third-order valence-corrected chi connectivity index (χ3v) is 7.08. The Kier molecular flexibility index (Phi) is 6.17. The molecule has 1 saturated carbocycles. The first-order valence-corrected chi connectivity index (χ1v) is 11.9. The van der Waals surface area contributed by atoms with Crippen LogP contribution < -0.4 is 10.1 Å². The zero-order chi connectivity index (χ0) is 21.8. The molecule has 1 saturated heterocycles. The van der Waals surface area contributed by atoms with Crippen molar-refractivity contribution < 1.29 is 22.7 Å². The van der Waals surface area contributed by atoms with Crippen molar-refractivity contribution in [1.82, 2.24) is 20.2 Å². The Morgan fingerprint density at radius 2 is 1.87 bits per heavy atom. The summed E-state index contributed by atoms with van der Waals surface area (Å²) in [7, 11) is -3.52. The van der Waals surface area contributed by atoms with E-state index in [1.165, 1.54) is 4.90 Å². The number of sulfone groups is 1. The van der Waals surface area contributed by atoms with E-state index >= 15 is 0 Å². The van der Waals surface area contributed by atoms with Gasteiger partial charge in [-0.25, -0.2) is 23.2 Å². The molecule has 1 aromatic carbocycles. The lowest BCUT2D eigenvalue weighted by Gasteiger charge is -2.14. The molecule has 1 aliphatic heterocycles. The van der Waals surface area contributed by atoms with Gasteiger partial charge in [-0.2, -0.15) is 0 Å². The molecular formula is C21H24N4O5S. The quantitative estimate of drug-likeness (QED) is 0.617. The van der Waals surface area contributed by atoms with Crippen LogP contribution in [0.4, 0.5) is 4.79 Å². The maximum atomic E-state index is 12.8. The number of benzene rings is 1. The SMILES string of the molecule is O=C1CN(Cc2cnc(CCS(=O)(=O)c3cccc(OC4CCCC4)c3)nc2)C(=O)N1. The number of aromatic nitrogens is 2. The monoisotopic (exact) mass is 444 g/mol. The molecule has 10 heteroatoms. The third kappa shape index (κ3) is 5.38. The topological polar surface area (TPSA) is 119 Å². The summed E-state index contributed by atoms with van der Waals surface area (Å²) >= 11 is 0. The molecule has 1 N–H and O–H groups in total. The van der Waals surface area contributed by atoms with E-state index in [2.05, 4.69) is 15.3 Å². The highest BCUT2D eigenvalue weighted by Crippen LogP contribution is 2.26. The van der Waals surface area contributed by atoms with Crippen molar-refractivity contribution in [3.05, 3.63) is 48.0 Å². The molecule has 164 valence electrons. The molecule has 0 atom stereocenters. The largest absolute Gasteiger partial charge is 0.490 e. The average Bonchev–Trinajstić information content (AvgIpc) is 3.37. The van der Waals surface area contributed by atoms with Crippen molar-refractivity contribution in [3.8, 4) is 5.75 Å². The summed E-state index contributed by atoms with van der Waals surface area (Å²) in [6.45, 7) is 0.215. The highest BCUT2D eigenvalue weighted by molar-refractivity contribution is 7.91. The zero-order valence-electron chi connectivity index (χ0n) is 17.0. The number of aryl methyl sites for hydroxylation is 1. The number of nitrogens with one attached hydrogen (secondary N) is 1. The smallest absolute Gasteiger partial charge is 0.324 e. The maximum absolute atomic E-state index is 12.8. The molecule has 1 aromatic heterocycles. The molecule has 0 bridgehead atoms. The van der Waals surface area contributed by atoms with Gasteiger partial charge in [-0.1, -0.05) is 6.07 Å². The van der Waals surface area contributed by atoms with Gasteiger partial charge < -0.3 is 9.64 Å². The van der Waals surface area contributed by atoms with Crippen LogP contribution in [0.1, 0.15) is 37.1 Å². The first kappa shape index (κ1) is 21.2. The van der Waals surface area contributed by atoms with Gasteiger partial charge in [0.05, 0.1) is 23.3 Å². The van der Waals surface area contributed by atoms with E-state index in [-0.39, 0.29) is 42.2 Å². The Balaban J connectivity index is 1.34. The lowest BCUT2D eigenvalue weighted by atomic mass is 10.3. The maximum Gasteiger partial charge on any atom is 0.324 e. The molecule has 0 unspecified atom stereocenters. The summed E-state index contributed by atoms with van der Waals surface area (Å²) in [5.74, 6) is 0.513. The lowest BCUT2D eigenvalue weighted by Crippen LogP contribution is -2.27. The van der Waals surface area contributed by atoms with Gasteiger partial charge in [-0.05, 0) is 43.9 Å². The minimum Gasteiger partial charge on any atom is -0.490 e. The fourth-order valence-corrected chi connectivity index (χ4v) is 4.98. The number of hydrogen-bond donors (Lipinski definition) is 1. The molecular weight excluding hydrogens is 420 g/mol. The molecule has 0 radical (unpaired) electrons. The van der Waals surface area contributed by atoms with Crippen molar-refractivity contribution in [3.63, 3.8) is 0 Å². The zero-order valence-corrected chi connectivity index (χ0v) is 17.8. The van der Waals surface area contributed by atoms with Crippen LogP contribution in [0.5, 0.6) is 5.75 Å². The van der Waals surface area contributed by atoms with Crippen molar-refractivity contribution in [2.24, 2.45) is 0 Å². The van der Waals surface area contributed by atoms with E-state index in [0.29, 0.717) is 17.1 Å². The van der Waals surface area contributed by atoms with E-state index in [9.17, 15) is 18.0 Å². The van der Waals surface area contributed by atoms with Gasteiger partial charge in [-0.3, -0.25) is 10.1 Å². The minimum atomic E-state index is -3.52. The predicted molar refractivity (Wildman–Crippen MR) is 111 cm³/mol. The number of carbonyl (C=O) groups is 2. The number of hydrogen-bond acceptors (Lipinski definition) is 7. The minimum absolute atomic E-state index is 0.00233. The number of urea groups is 1. The summed E-state index contributed by atoms with van der Waals surface area (Å²) in [4.78, 5) is 32.8. The molecule has 9 nitrogen and oxygen atoms in total. The third-order valence-electron chi connectivity index (χ3n) is 5.36. The predicted octanol–water partition coefficient (Wildman–Crippen LogP) is 1.87. The van der Waals surface area contributed by atoms with Crippen LogP contribution in [0.3, 0.4) is 0 Å². The van der Waals surface area contributed by atoms with Gasteiger partial charge in [0.2, 0.25) is 5.91 Å². The standard InChI is InChI=1S/C21H24N4O5S/c26-20-14-25(21(27)24-20)13-15-11-22-19(23-12-15)8-9-31(28,29)18-7-3-6-17(10-18)30-16-4-1-2-5-16/h3,6-7,10-12,16H,1-2,4-5,8-9,13-14H2,(H,24,26,27). The van der Waals surface area contributed by atoms with Crippen molar-refractivity contribution >= 4 is 21.8 Å². The number of ether oxygens (including phenoxy) is 1. The second-order valence-corrected chi connectivity index (χ2v) is 9.89. The van der Waals surface area contributed by atoms with Crippen LogP contribution >= 0.6 is 0 Å². The van der Waals surface area contributed by atoms with Gasteiger partial charge in [-0.15, -0.1) is 0 Å². The first-order valence-electron chi connectivity index (χ1n) is 10.3. The average molecular weight is 445 g/mol. The van der Waals surface area contributed by atoms with Gasteiger partial charge in [0, 0.05) is 24.4 Å². The highest BCUT2D eigenvalue weighted by atomic mass is 32.2. The van der Waals surface area contributed by atoms with E-state index < -0.39 is 15.9 Å². The fourth-order valence-electron chi connectivity index (χ4n) is 3.71. The van der Waals surface area contributed by atoms with Gasteiger partial charge in [0.25, 0.3) is 0 Å². The number of nitrogens with zero attached hydrogens (tertiary/aromatic N) is 3. The number of carbonyl (C=O) groups excluding carboxylic acids is 2. The molecule has 2 heterocycles. The van der Waals surface area contributed by atoms with E-state index in [4.69, 9.17) is 4.74 Å². The second kappa shape index (κ2) is 9.01. The first-order chi connectivity index (χ1) is 14.9. The Morgan fingerprint density at radius 3 is 2.55 bits per heavy atom. The molecule has 31 heavy (non-hydrogen) atoms. The summed E-state index contributed by atoms with van der Waals surface area (Å²) < 4.78 is 31.4. The van der Waals surface area contributed by atoms with Crippen LogP contribution in [0.2, 0.25) is 0 Å². The summed E-state index contributed by atoms with van der Waals surface area (Å²) in [5.41, 5.74) is 0.660. The van der Waals surface area contributed by atoms with Crippen LogP contribution in [0.25, 0.3) is 0 Å². The Labute approximate surface area is 180 Å². The lowest BCUT2D eigenvalue weighted by molar-refractivity contribution is -0.118. The summed E-state index contributed by atoms with van der Waals surface area (Å²) in [6.07, 6.45) is 7.71. The summed E-state index contributed by atoms with van der Waals surface area (Å²) in [6, 6.07) is 6.19. The molecule has 0 spiro atoms. The molecule has 2 aromatic rings. The summed E-state index contributed by atoms with van der Waals surface area (Å²) in [5, 5.41) is 2.21. The number of rotatable bonds is 8. The molecule has 2 fully saturated rings. The van der Waals surface area contributed by atoms with Gasteiger partial charge in [0.15, 0.2) is 9.84 Å².